The fourth-order valence-corrected chi connectivity index (χ4v) is 4.54. The van der Waals surface area contributed by atoms with Crippen LogP contribution in [0.15, 0.2) is 59.5 Å². The Bertz CT molecular complexity index is 835. The average molecular weight is 406 g/mol. The van der Waals surface area contributed by atoms with Gasteiger partial charge in [-0.15, -0.1) is 0 Å². The maximum atomic E-state index is 12.9. The largest absolute Gasteiger partial charge is 0.489 e. The van der Waals surface area contributed by atoms with Crippen molar-refractivity contribution < 1.29 is 23.2 Å². The van der Waals surface area contributed by atoms with Crippen molar-refractivity contribution in [3.63, 3.8) is 0 Å². The number of carbonyl (C=O) groups is 1. The normalized spacial score (nSPS) is 12.4. The van der Waals surface area contributed by atoms with Gasteiger partial charge in [-0.25, -0.2) is 13.9 Å². The summed E-state index contributed by atoms with van der Waals surface area (Å²) in [5.41, 5.74) is 2.49. The molecule has 0 aliphatic carbocycles. The highest BCUT2D eigenvalue weighted by molar-refractivity contribution is 7.92. The Morgan fingerprint density at radius 1 is 1.04 bits per heavy atom. The first kappa shape index (κ1) is 21.9. The molecular weight excluding hydrogens is 378 g/mol. The number of unbranched alkanes of at least 4 members (excludes halogenated alkanes) is 3. The van der Waals surface area contributed by atoms with E-state index in [4.69, 9.17) is 9.94 Å². The number of ether oxygens (including phenoxy) is 1. The van der Waals surface area contributed by atoms with Crippen LogP contribution in [-0.4, -0.2) is 24.8 Å². The second-order valence-electron chi connectivity index (χ2n) is 6.60. The van der Waals surface area contributed by atoms with E-state index in [1.807, 2.05) is 30.3 Å². The highest BCUT2D eigenvalue weighted by Crippen LogP contribution is 2.24. The number of hydroxylamine groups is 1. The van der Waals surface area contributed by atoms with Crippen molar-refractivity contribution in [3.05, 3.63) is 60.2 Å². The van der Waals surface area contributed by atoms with Gasteiger partial charge < -0.3 is 4.74 Å². The predicted molar refractivity (Wildman–Crippen MR) is 107 cm³/mol. The molecule has 2 rings (SSSR count). The Kier molecular flexibility index (Phi) is 8.47. The van der Waals surface area contributed by atoms with Crippen LogP contribution < -0.4 is 10.2 Å². The van der Waals surface area contributed by atoms with Gasteiger partial charge in [0.05, 0.1) is 4.90 Å². The monoisotopic (exact) mass is 405 g/mol. The summed E-state index contributed by atoms with van der Waals surface area (Å²) in [6.45, 7) is 2.43. The zero-order valence-electron chi connectivity index (χ0n) is 16.0. The van der Waals surface area contributed by atoms with Crippen LogP contribution in [-0.2, 0) is 21.2 Å². The van der Waals surface area contributed by atoms with Crippen molar-refractivity contribution in [1.29, 1.82) is 0 Å². The van der Waals surface area contributed by atoms with Crippen LogP contribution in [0.1, 0.15) is 44.6 Å². The topological polar surface area (TPSA) is 92.7 Å². The van der Waals surface area contributed by atoms with Gasteiger partial charge in [0.15, 0.2) is 9.84 Å². The summed E-state index contributed by atoms with van der Waals surface area (Å²) in [7, 11) is -3.91. The molecule has 0 heterocycles. The highest BCUT2D eigenvalue weighted by atomic mass is 32.2. The number of amides is 1. The summed E-state index contributed by atoms with van der Waals surface area (Å²) in [5, 5.41) is 7.64. The Labute approximate surface area is 166 Å². The number of nitrogens with one attached hydrogen (secondary N) is 1. The SMILES string of the molecule is CCCCCCC(C(=O)NO)S(=O)(=O)c1ccc(OCc2ccccc2)cc1. The summed E-state index contributed by atoms with van der Waals surface area (Å²) < 4.78 is 31.4. The molecule has 0 bridgehead atoms. The van der Waals surface area contributed by atoms with Gasteiger partial charge in [-0.1, -0.05) is 62.9 Å². The molecule has 152 valence electrons. The molecule has 0 aromatic heterocycles. The molecule has 7 heteroatoms. The molecule has 1 unspecified atom stereocenters. The van der Waals surface area contributed by atoms with E-state index in [0.29, 0.717) is 18.8 Å². The zero-order valence-corrected chi connectivity index (χ0v) is 16.8. The van der Waals surface area contributed by atoms with E-state index in [-0.39, 0.29) is 11.3 Å². The van der Waals surface area contributed by atoms with E-state index in [1.54, 1.807) is 12.1 Å². The predicted octanol–water partition coefficient (Wildman–Crippen LogP) is 3.88. The number of sulfone groups is 1. The minimum absolute atomic E-state index is 0.0312. The Hall–Kier alpha value is -2.38. The average Bonchev–Trinajstić information content (AvgIpc) is 2.72. The van der Waals surface area contributed by atoms with Crippen LogP contribution in [0.4, 0.5) is 0 Å². The Morgan fingerprint density at radius 2 is 1.71 bits per heavy atom. The molecule has 28 heavy (non-hydrogen) atoms. The van der Waals surface area contributed by atoms with Crippen molar-refractivity contribution in [2.75, 3.05) is 0 Å². The van der Waals surface area contributed by atoms with Crippen molar-refractivity contribution in [1.82, 2.24) is 5.48 Å². The fourth-order valence-electron chi connectivity index (χ4n) is 2.89. The number of hydrogen-bond donors (Lipinski definition) is 2. The lowest BCUT2D eigenvalue weighted by Gasteiger charge is -2.16. The van der Waals surface area contributed by atoms with Crippen molar-refractivity contribution in [2.45, 2.75) is 55.8 Å². The van der Waals surface area contributed by atoms with Crippen LogP contribution in [0.2, 0.25) is 0 Å². The maximum absolute atomic E-state index is 12.9. The molecule has 2 N–H and O–H groups in total. The van der Waals surface area contributed by atoms with E-state index in [9.17, 15) is 13.2 Å². The van der Waals surface area contributed by atoms with E-state index >= 15 is 0 Å². The smallest absolute Gasteiger partial charge is 0.262 e. The van der Waals surface area contributed by atoms with Crippen LogP contribution in [0, 0.1) is 0 Å². The maximum Gasteiger partial charge on any atom is 0.262 e. The second-order valence-corrected chi connectivity index (χ2v) is 8.74. The summed E-state index contributed by atoms with van der Waals surface area (Å²) in [5.74, 6) is -0.366. The molecule has 0 fully saturated rings. The van der Waals surface area contributed by atoms with Crippen molar-refractivity contribution >= 4 is 15.7 Å². The molecule has 0 spiro atoms. The van der Waals surface area contributed by atoms with Gasteiger partial charge in [-0.3, -0.25) is 10.0 Å². The summed E-state index contributed by atoms with van der Waals surface area (Å²) in [6.07, 6.45) is 3.59. The number of carbonyl (C=O) groups excluding carboxylic acids is 1. The van der Waals surface area contributed by atoms with E-state index in [1.165, 1.54) is 17.6 Å². The van der Waals surface area contributed by atoms with Gasteiger partial charge in [-0.2, -0.15) is 0 Å². The Morgan fingerprint density at radius 3 is 2.32 bits per heavy atom. The standard InChI is InChI=1S/C21H27NO5S/c1-2-3-4-8-11-20(21(23)22-24)28(25,26)19-14-12-18(13-15-19)27-16-17-9-6-5-7-10-17/h5-7,9-10,12-15,20,24H,2-4,8,11,16H2,1H3,(H,22,23). The lowest BCUT2D eigenvalue weighted by atomic mass is 10.1. The first-order valence-corrected chi connectivity index (χ1v) is 11.0. The van der Waals surface area contributed by atoms with Crippen LogP contribution >= 0.6 is 0 Å². The first-order chi connectivity index (χ1) is 13.5. The van der Waals surface area contributed by atoms with E-state index in [0.717, 1.165) is 24.8 Å². The Balaban J connectivity index is 2.08. The number of hydrogen-bond acceptors (Lipinski definition) is 5. The minimum Gasteiger partial charge on any atom is -0.489 e. The van der Waals surface area contributed by atoms with E-state index < -0.39 is 21.0 Å². The lowest BCUT2D eigenvalue weighted by molar-refractivity contribution is -0.128. The van der Waals surface area contributed by atoms with Gasteiger partial charge in [0, 0.05) is 0 Å². The summed E-state index contributed by atoms with van der Waals surface area (Å²) in [6, 6.07) is 15.6. The summed E-state index contributed by atoms with van der Waals surface area (Å²) in [4.78, 5) is 12.0. The molecule has 1 atom stereocenters. The fraction of sp³-hybridized carbons (Fsp3) is 0.381. The highest BCUT2D eigenvalue weighted by Gasteiger charge is 2.33. The van der Waals surface area contributed by atoms with Gasteiger partial charge in [0.2, 0.25) is 0 Å². The number of rotatable bonds is 11. The lowest BCUT2D eigenvalue weighted by Crippen LogP contribution is -2.38. The molecule has 0 aliphatic heterocycles. The van der Waals surface area contributed by atoms with Crippen molar-refractivity contribution in [3.8, 4) is 5.75 Å². The van der Waals surface area contributed by atoms with Gasteiger partial charge in [0.25, 0.3) is 5.91 Å². The van der Waals surface area contributed by atoms with Crippen LogP contribution in [0.25, 0.3) is 0 Å². The third kappa shape index (κ3) is 6.07. The van der Waals surface area contributed by atoms with Crippen LogP contribution in [0.5, 0.6) is 5.75 Å². The van der Waals surface area contributed by atoms with Gasteiger partial charge >= 0.3 is 0 Å². The van der Waals surface area contributed by atoms with Gasteiger partial charge in [-0.05, 0) is 36.2 Å². The quantitative estimate of drug-likeness (QED) is 0.336. The molecule has 1 amide bonds. The van der Waals surface area contributed by atoms with Crippen LogP contribution in [0.3, 0.4) is 0 Å². The molecule has 0 aliphatic rings. The zero-order chi connectivity index (χ0) is 20.4. The van der Waals surface area contributed by atoms with E-state index in [2.05, 4.69) is 6.92 Å². The van der Waals surface area contributed by atoms with Gasteiger partial charge in [0.1, 0.15) is 17.6 Å². The molecule has 0 saturated carbocycles. The molecular formula is C21H27NO5S. The first-order valence-electron chi connectivity index (χ1n) is 9.43. The molecule has 2 aromatic carbocycles. The second kappa shape index (κ2) is 10.8. The third-order valence-electron chi connectivity index (χ3n) is 4.50. The minimum atomic E-state index is -3.91. The molecule has 6 nitrogen and oxygen atoms in total. The molecule has 0 saturated heterocycles. The third-order valence-corrected chi connectivity index (χ3v) is 6.63. The van der Waals surface area contributed by atoms with Crippen molar-refractivity contribution in [2.24, 2.45) is 0 Å². The molecule has 2 aromatic rings. The number of benzene rings is 2. The summed E-state index contributed by atoms with van der Waals surface area (Å²) >= 11 is 0. The molecule has 0 radical (unpaired) electrons.